The van der Waals surface area contributed by atoms with Gasteiger partial charge in [0.05, 0.1) is 0 Å². The van der Waals surface area contributed by atoms with Gasteiger partial charge in [-0.15, -0.1) is 0 Å². The molecule has 0 saturated carbocycles. The minimum absolute atomic E-state index is 0.198. The second kappa shape index (κ2) is 8.31. The van der Waals surface area contributed by atoms with E-state index in [2.05, 4.69) is 23.8 Å². The Kier molecular flexibility index (Phi) is 6.11. The van der Waals surface area contributed by atoms with E-state index in [9.17, 15) is 4.57 Å². The molecule has 2 aromatic rings. The van der Waals surface area contributed by atoms with Gasteiger partial charge in [-0.25, -0.2) is 0 Å². The van der Waals surface area contributed by atoms with E-state index in [-0.39, 0.29) is 6.04 Å². The summed E-state index contributed by atoms with van der Waals surface area (Å²) in [5.74, 6) is 0.418. The van der Waals surface area contributed by atoms with E-state index in [4.69, 9.17) is 0 Å². The van der Waals surface area contributed by atoms with Gasteiger partial charge in [-0.05, 0) is 56.1 Å². The van der Waals surface area contributed by atoms with Crippen molar-refractivity contribution in [1.82, 2.24) is 9.99 Å². The quantitative estimate of drug-likeness (QED) is 0.769. The maximum atomic E-state index is 14.2. The molecule has 0 aliphatic carbocycles. The highest BCUT2D eigenvalue weighted by Gasteiger charge is 2.32. The van der Waals surface area contributed by atoms with Crippen molar-refractivity contribution in [2.75, 3.05) is 19.6 Å². The minimum Gasteiger partial charge on any atom is -0.302 e. The summed E-state index contributed by atoms with van der Waals surface area (Å²) in [6, 6.07) is 19.9. The van der Waals surface area contributed by atoms with Crippen LogP contribution in [0.3, 0.4) is 0 Å². The Bertz CT molecular complexity index is 653. The van der Waals surface area contributed by atoms with Crippen molar-refractivity contribution in [2.24, 2.45) is 5.92 Å². The summed E-state index contributed by atoms with van der Waals surface area (Å²) in [7, 11) is -2.87. The summed E-state index contributed by atoms with van der Waals surface area (Å²) < 4.78 is 14.2. The summed E-state index contributed by atoms with van der Waals surface area (Å²) in [6.45, 7) is 7.71. The standard InChI is InChI=1S/C21H29N2OP/c1-18(2)21(17-23-15-9-10-16-23)22-25(24,19-11-5-3-6-12-19)20-13-7-4-8-14-20/h3-8,11-14,18,21H,9-10,15-17H2,1-2H3,(H,22,24)/t21-/m0/s1. The molecule has 1 atom stereocenters. The first-order chi connectivity index (χ1) is 12.1. The fourth-order valence-corrected chi connectivity index (χ4v) is 6.08. The van der Waals surface area contributed by atoms with Crippen LogP contribution in [0.25, 0.3) is 0 Å². The first kappa shape index (κ1) is 18.4. The molecule has 2 aromatic carbocycles. The Balaban J connectivity index is 1.92. The zero-order chi connectivity index (χ0) is 17.7. The van der Waals surface area contributed by atoms with Crippen LogP contribution in [0.15, 0.2) is 60.7 Å². The van der Waals surface area contributed by atoms with Crippen molar-refractivity contribution in [3.05, 3.63) is 60.7 Å². The first-order valence-corrected chi connectivity index (χ1v) is 11.0. The average molecular weight is 356 g/mol. The lowest BCUT2D eigenvalue weighted by molar-refractivity contribution is 0.274. The van der Waals surface area contributed by atoms with Crippen molar-refractivity contribution < 1.29 is 4.57 Å². The second-order valence-corrected chi connectivity index (χ2v) is 9.78. The van der Waals surface area contributed by atoms with Gasteiger partial charge in [0.1, 0.15) is 0 Å². The molecule has 0 unspecified atom stereocenters. The largest absolute Gasteiger partial charge is 0.302 e. The topological polar surface area (TPSA) is 32.3 Å². The smallest absolute Gasteiger partial charge is 0.204 e. The van der Waals surface area contributed by atoms with Gasteiger partial charge in [-0.2, -0.15) is 0 Å². The van der Waals surface area contributed by atoms with E-state index in [1.807, 2.05) is 60.7 Å². The van der Waals surface area contributed by atoms with Gasteiger partial charge in [-0.1, -0.05) is 50.2 Å². The van der Waals surface area contributed by atoms with Crippen molar-refractivity contribution in [3.63, 3.8) is 0 Å². The minimum atomic E-state index is -2.87. The van der Waals surface area contributed by atoms with Gasteiger partial charge in [0, 0.05) is 23.2 Å². The molecule has 0 radical (unpaired) electrons. The van der Waals surface area contributed by atoms with Crippen LogP contribution in [0.5, 0.6) is 0 Å². The van der Waals surface area contributed by atoms with Crippen LogP contribution in [-0.4, -0.2) is 30.6 Å². The van der Waals surface area contributed by atoms with Gasteiger partial charge in [0.2, 0.25) is 7.29 Å². The van der Waals surface area contributed by atoms with E-state index < -0.39 is 7.29 Å². The van der Waals surface area contributed by atoms with Crippen molar-refractivity contribution >= 4 is 17.9 Å². The van der Waals surface area contributed by atoms with E-state index in [0.717, 1.165) is 30.2 Å². The third-order valence-electron chi connectivity index (χ3n) is 5.05. The van der Waals surface area contributed by atoms with Gasteiger partial charge >= 0.3 is 0 Å². The lowest BCUT2D eigenvalue weighted by Gasteiger charge is -2.32. The van der Waals surface area contributed by atoms with Crippen molar-refractivity contribution in [3.8, 4) is 0 Å². The predicted octanol–water partition coefficient (Wildman–Crippen LogP) is 3.63. The maximum absolute atomic E-state index is 14.2. The molecular formula is C21H29N2OP. The van der Waals surface area contributed by atoms with Crippen LogP contribution in [0, 0.1) is 5.92 Å². The fraction of sp³-hybridized carbons (Fsp3) is 0.429. The van der Waals surface area contributed by atoms with Crippen LogP contribution < -0.4 is 15.7 Å². The molecule has 1 heterocycles. The second-order valence-electron chi connectivity index (χ2n) is 7.27. The number of benzene rings is 2. The molecule has 0 bridgehead atoms. The Morgan fingerprint density at radius 1 is 0.920 bits per heavy atom. The molecule has 0 amide bonds. The Labute approximate surface area is 151 Å². The number of likely N-dealkylation sites (tertiary alicyclic amines) is 1. The molecular weight excluding hydrogens is 327 g/mol. The predicted molar refractivity (Wildman–Crippen MR) is 107 cm³/mol. The molecule has 1 aliphatic rings. The van der Waals surface area contributed by atoms with Crippen molar-refractivity contribution in [1.29, 1.82) is 0 Å². The number of hydrogen-bond acceptors (Lipinski definition) is 2. The van der Waals surface area contributed by atoms with E-state index >= 15 is 0 Å². The third-order valence-corrected chi connectivity index (χ3v) is 7.79. The molecule has 3 nitrogen and oxygen atoms in total. The number of hydrogen-bond donors (Lipinski definition) is 1. The van der Waals surface area contributed by atoms with Gasteiger partial charge in [0.15, 0.2) is 0 Å². The summed E-state index contributed by atoms with van der Waals surface area (Å²) >= 11 is 0. The van der Waals surface area contributed by atoms with Gasteiger partial charge < -0.3 is 4.90 Å². The van der Waals surface area contributed by atoms with Gasteiger partial charge in [-0.3, -0.25) is 9.65 Å². The number of nitrogens with zero attached hydrogens (tertiary/aromatic N) is 1. The van der Waals surface area contributed by atoms with E-state index in [0.29, 0.717) is 5.92 Å². The van der Waals surface area contributed by atoms with Crippen LogP contribution in [-0.2, 0) is 4.57 Å². The lowest BCUT2D eigenvalue weighted by atomic mass is 10.1. The lowest BCUT2D eigenvalue weighted by Crippen LogP contribution is -2.45. The van der Waals surface area contributed by atoms with Crippen molar-refractivity contribution in [2.45, 2.75) is 32.7 Å². The van der Waals surface area contributed by atoms with Crippen LogP contribution in [0.2, 0.25) is 0 Å². The Hall–Kier alpha value is -1.41. The highest BCUT2D eigenvalue weighted by atomic mass is 31.2. The molecule has 0 spiro atoms. The van der Waals surface area contributed by atoms with Crippen LogP contribution in [0.4, 0.5) is 0 Å². The van der Waals surface area contributed by atoms with E-state index in [1.54, 1.807) is 0 Å². The zero-order valence-electron chi connectivity index (χ0n) is 15.3. The SMILES string of the molecule is CC(C)[C@H](CN1CCCC1)NP(=O)(c1ccccc1)c1ccccc1. The molecule has 1 N–H and O–H groups in total. The van der Waals surface area contributed by atoms with Gasteiger partial charge in [0.25, 0.3) is 0 Å². The summed E-state index contributed by atoms with van der Waals surface area (Å²) in [4.78, 5) is 2.50. The summed E-state index contributed by atoms with van der Waals surface area (Å²) in [6.07, 6.45) is 2.56. The normalized spacial score (nSPS) is 17.1. The molecule has 1 saturated heterocycles. The number of nitrogens with one attached hydrogen (secondary N) is 1. The molecule has 1 fully saturated rings. The Morgan fingerprint density at radius 3 is 1.84 bits per heavy atom. The molecule has 134 valence electrons. The van der Waals surface area contributed by atoms with Crippen LogP contribution in [0.1, 0.15) is 26.7 Å². The fourth-order valence-electron chi connectivity index (χ4n) is 3.45. The zero-order valence-corrected chi connectivity index (χ0v) is 16.2. The Morgan fingerprint density at radius 2 is 1.40 bits per heavy atom. The molecule has 25 heavy (non-hydrogen) atoms. The summed E-state index contributed by atoms with van der Waals surface area (Å²) in [5, 5.41) is 5.37. The highest BCUT2D eigenvalue weighted by Crippen LogP contribution is 2.40. The molecule has 1 aliphatic heterocycles. The van der Waals surface area contributed by atoms with Crippen LogP contribution >= 0.6 is 7.29 Å². The highest BCUT2D eigenvalue weighted by molar-refractivity contribution is 7.76. The van der Waals surface area contributed by atoms with E-state index in [1.165, 1.54) is 12.8 Å². The summed E-state index contributed by atoms with van der Waals surface area (Å²) in [5.41, 5.74) is 0. The third kappa shape index (κ3) is 4.41. The molecule has 3 rings (SSSR count). The monoisotopic (exact) mass is 356 g/mol. The maximum Gasteiger partial charge on any atom is 0.204 e. The average Bonchev–Trinajstić information content (AvgIpc) is 3.15. The molecule has 4 heteroatoms. The first-order valence-electron chi connectivity index (χ1n) is 9.31. The molecule has 0 aromatic heterocycles. The number of rotatable bonds is 7.